The van der Waals surface area contributed by atoms with Crippen LogP contribution in [0.15, 0.2) is 46.5 Å². The highest BCUT2D eigenvalue weighted by atomic mass is 16.4. The molecular formula is C11H11N5O4. The molecule has 9 nitrogen and oxygen atoms in total. The lowest BCUT2D eigenvalue weighted by Gasteiger charge is -2.04. The van der Waals surface area contributed by atoms with Gasteiger partial charge in [-0.25, -0.2) is 9.89 Å². The standard InChI is InChI=1S/C6H7N3O.C5H4N2O3/c1-4-2-3-5(6(7)10)9-8-4;8-4-2-1-3(5(9)10)6-7-4/h2-3,8H,1H2,(H2,7,10);1-2H,(H,7,8)(H,9,10). The molecule has 0 fully saturated rings. The predicted molar refractivity (Wildman–Crippen MR) is 69.9 cm³/mol. The fraction of sp³-hybridized carbons (Fsp3) is 0. The lowest BCUT2D eigenvalue weighted by atomic mass is 10.3. The van der Waals surface area contributed by atoms with E-state index < -0.39 is 17.4 Å². The summed E-state index contributed by atoms with van der Waals surface area (Å²) >= 11 is 0. The van der Waals surface area contributed by atoms with Crippen LogP contribution in [0.4, 0.5) is 0 Å². The number of nitrogens with one attached hydrogen (secondary N) is 2. The molecule has 20 heavy (non-hydrogen) atoms. The minimum absolute atomic E-state index is 0.167. The Hall–Kier alpha value is -3.23. The third-order valence-electron chi connectivity index (χ3n) is 1.91. The fourth-order valence-electron chi connectivity index (χ4n) is 0.987. The van der Waals surface area contributed by atoms with Gasteiger partial charge >= 0.3 is 5.97 Å². The predicted octanol–water partition coefficient (Wildman–Crippen LogP) is -1.03. The maximum atomic E-state index is 10.4. The number of rotatable bonds is 2. The normalized spacial score (nSPS) is 12.6. The molecule has 0 radical (unpaired) electrons. The molecule has 1 amide bonds. The molecule has 0 bridgehead atoms. The number of primary amides is 1. The van der Waals surface area contributed by atoms with E-state index in [4.69, 9.17) is 10.8 Å². The van der Waals surface area contributed by atoms with Crippen molar-refractivity contribution in [1.82, 2.24) is 15.6 Å². The number of nitrogens with two attached hydrogens (primary N) is 1. The summed E-state index contributed by atoms with van der Waals surface area (Å²) in [5.41, 5.74) is 7.72. The van der Waals surface area contributed by atoms with Crippen LogP contribution < -0.4 is 16.7 Å². The highest BCUT2D eigenvalue weighted by Crippen LogP contribution is 1.95. The first kappa shape index (κ1) is 14.8. The molecule has 2 heterocycles. The van der Waals surface area contributed by atoms with E-state index in [0.717, 1.165) is 12.1 Å². The second-order valence-electron chi connectivity index (χ2n) is 3.44. The summed E-state index contributed by atoms with van der Waals surface area (Å²) in [4.78, 5) is 30.9. The summed E-state index contributed by atoms with van der Waals surface area (Å²) < 4.78 is 0. The number of allylic oxidation sites excluding steroid dienone is 1. The molecule has 0 atom stereocenters. The zero-order valence-corrected chi connectivity index (χ0v) is 10.2. The molecule has 5 N–H and O–H groups in total. The number of nitrogens with zero attached hydrogens (tertiary/aromatic N) is 2. The molecule has 1 aliphatic heterocycles. The monoisotopic (exact) mass is 277 g/mol. The van der Waals surface area contributed by atoms with Crippen molar-refractivity contribution in [3.63, 3.8) is 0 Å². The fourth-order valence-corrected chi connectivity index (χ4v) is 0.987. The van der Waals surface area contributed by atoms with Crippen molar-refractivity contribution < 1.29 is 14.7 Å². The number of hydrazone groups is 1. The molecule has 0 aliphatic carbocycles. The summed E-state index contributed by atoms with van der Waals surface area (Å²) in [6, 6.07) is 2.25. The van der Waals surface area contributed by atoms with Gasteiger partial charge in [-0.05, 0) is 18.2 Å². The number of amides is 1. The van der Waals surface area contributed by atoms with Gasteiger partial charge < -0.3 is 10.8 Å². The quantitative estimate of drug-likeness (QED) is 0.542. The highest BCUT2D eigenvalue weighted by molar-refractivity contribution is 6.43. The van der Waals surface area contributed by atoms with Crippen LogP contribution in [0.1, 0.15) is 10.5 Å². The van der Waals surface area contributed by atoms with Crippen molar-refractivity contribution in [2.75, 3.05) is 0 Å². The number of aromatic carboxylic acids is 1. The van der Waals surface area contributed by atoms with Crippen molar-refractivity contribution in [3.05, 3.63) is 52.6 Å². The zero-order valence-electron chi connectivity index (χ0n) is 10.2. The third kappa shape index (κ3) is 4.56. The minimum atomic E-state index is -1.16. The number of carbonyl (C=O) groups is 2. The number of H-pyrrole nitrogens is 1. The molecule has 0 aromatic carbocycles. The van der Waals surface area contributed by atoms with Gasteiger partial charge in [0, 0.05) is 11.8 Å². The first-order valence-electron chi connectivity index (χ1n) is 5.19. The van der Waals surface area contributed by atoms with Crippen LogP contribution in [-0.2, 0) is 4.79 Å². The number of carbonyl (C=O) groups excluding carboxylic acids is 1. The second kappa shape index (κ2) is 6.64. The van der Waals surface area contributed by atoms with Gasteiger partial charge in [0.25, 0.3) is 11.5 Å². The van der Waals surface area contributed by atoms with Gasteiger partial charge in [0.2, 0.25) is 0 Å². The van der Waals surface area contributed by atoms with Gasteiger partial charge in [-0.15, -0.1) is 0 Å². The van der Waals surface area contributed by atoms with Gasteiger partial charge in [0.15, 0.2) is 5.69 Å². The number of hydrogen-bond donors (Lipinski definition) is 4. The number of carboxylic acid groups (broad SMARTS) is 1. The Morgan fingerprint density at radius 3 is 2.40 bits per heavy atom. The maximum Gasteiger partial charge on any atom is 0.356 e. The van der Waals surface area contributed by atoms with Gasteiger partial charge in [0.05, 0.1) is 0 Å². The zero-order chi connectivity index (χ0) is 15.1. The Bertz CT molecular complexity index is 639. The molecule has 1 aliphatic rings. The molecule has 0 saturated carbocycles. The molecule has 2 rings (SSSR count). The highest BCUT2D eigenvalue weighted by Gasteiger charge is 2.05. The van der Waals surface area contributed by atoms with Gasteiger partial charge in [0.1, 0.15) is 5.71 Å². The molecule has 0 unspecified atom stereocenters. The van der Waals surface area contributed by atoms with Crippen molar-refractivity contribution in [2.24, 2.45) is 10.8 Å². The molecule has 0 saturated heterocycles. The van der Waals surface area contributed by atoms with Gasteiger partial charge in [-0.1, -0.05) is 6.58 Å². The van der Waals surface area contributed by atoms with Crippen molar-refractivity contribution in [1.29, 1.82) is 0 Å². The Morgan fingerprint density at radius 1 is 1.30 bits per heavy atom. The molecule has 104 valence electrons. The van der Waals surface area contributed by atoms with E-state index in [1.165, 1.54) is 6.08 Å². The Kier molecular flexibility index (Phi) is 4.92. The SMILES string of the molecule is C=C1C=CC(C(N)=O)=NN1.O=C(O)c1ccc(=O)[nH]n1. The largest absolute Gasteiger partial charge is 0.476 e. The summed E-state index contributed by atoms with van der Waals surface area (Å²) in [5, 5.41) is 17.1. The molecule has 9 heteroatoms. The average molecular weight is 277 g/mol. The number of aromatic amines is 1. The van der Waals surface area contributed by atoms with E-state index in [0.29, 0.717) is 5.70 Å². The van der Waals surface area contributed by atoms with Crippen LogP contribution in [0.2, 0.25) is 0 Å². The smallest absolute Gasteiger partial charge is 0.356 e. The number of carboxylic acids is 1. The van der Waals surface area contributed by atoms with Crippen LogP contribution in [-0.4, -0.2) is 32.9 Å². The minimum Gasteiger partial charge on any atom is -0.476 e. The van der Waals surface area contributed by atoms with Crippen molar-refractivity contribution in [3.8, 4) is 0 Å². The van der Waals surface area contributed by atoms with Crippen LogP contribution in [0.3, 0.4) is 0 Å². The number of aromatic nitrogens is 2. The maximum absolute atomic E-state index is 10.4. The van der Waals surface area contributed by atoms with Crippen LogP contribution in [0.5, 0.6) is 0 Å². The van der Waals surface area contributed by atoms with Crippen LogP contribution in [0.25, 0.3) is 0 Å². The first-order valence-corrected chi connectivity index (χ1v) is 5.19. The van der Waals surface area contributed by atoms with E-state index in [1.54, 1.807) is 6.08 Å². The molecule has 1 aromatic heterocycles. The summed E-state index contributed by atoms with van der Waals surface area (Å²) in [7, 11) is 0. The van der Waals surface area contributed by atoms with Gasteiger partial charge in [-0.3, -0.25) is 15.0 Å². The van der Waals surface area contributed by atoms with E-state index in [2.05, 4.69) is 22.2 Å². The van der Waals surface area contributed by atoms with Gasteiger partial charge in [-0.2, -0.15) is 10.2 Å². The molecule has 1 aromatic rings. The Balaban J connectivity index is 0.000000200. The second-order valence-corrected chi connectivity index (χ2v) is 3.44. The van der Waals surface area contributed by atoms with E-state index in [9.17, 15) is 14.4 Å². The lowest BCUT2D eigenvalue weighted by Crippen LogP contribution is -2.26. The molecule has 0 spiro atoms. The van der Waals surface area contributed by atoms with Crippen molar-refractivity contribution >= 4 is 17.6 Å². The topological polar surface area (TPSA) is 151 Å². The Labute approximate surface area is 112 Å². The van der Waals surface area contributed by atoms with Crippen molar-refractivity contribution in [2.45, 2.75) is 0 Å². The van der Waals surface area contributed by atoms with Crippen LogP contribution in [0, 0.1) is 0 Å². The summed E-state index contributed by atoms with van der Waals surface area (Å²) in [6.45, 7) is 3.55. The van der Waals surface area contributed by atoms with E-state index in [-0.39, 0.29) is 11.4 Å². The average Bonchev–Trinajstić information content (AvgIpc) is 2.40. The first-order chi connectivity index (χ1) is 9.40. The summed E-state index contributed by atoms with van der Waals surface area (Å²) in [6.07, 6.45) is 3.15. The Morgan fingerprint density at radius 2 is 2.00 bits per heavy atom. The van der Waals surface area contributed by atoms with E-state index in [1.807, 2.05) is 5.10 Å². The van der Waals surface area contributed by atoms with Crippen LogP contribution >= 0.6 is 0 Å². The number of hydrogen-bond acceptors (Lipinski definition) is 6. The lowest BCUT2D eigenvalue weighted by molar-refractivity contribution is -0.111. The molecular weight excluding hydrogens is 266 g/mol. The van der Waals surface area contributed by atoms with E-state index >= 15 is 0 Å². The summed E-state index contributed by atoms with van der Waals surface area (Å²) in [5.74, 6) is -1.70. The third-order valence-corrected chi connectivity index (χ3v) is 1.91.